The van der Waals surface area contributed by atoms with E-state index in [1.165, 1.54) is 19.1 Å². The van der Waals surface area contributed by atoms with Crippen LogP contribution in [0.4, 0.5) is 0 Å². The third-order valence-corrected chi connectivity index (χ3v) is 5.00. The molecule has 1 aliphatic rings. The summed E-state index contributed by atoms with van der Waals surface area (Å²) in [4.78, 5) is 29.4. The Morgan fingerprint density at radius 1 is 1.03 bits per heavy atom. The highest BCUT2D eigenvalue weighted by Gasteiger charge is 2.32. The molecule has 29 heavy (non-hydrogen) atoms. The van der Waals surface area contributed by atoms with Gasteiger partial charge in [0.1, 0.15) is 18.0 Å². The van der Waals surface area contributed by atoms with Crippen molar-refractivity contribution >= 4 is 11.8 Å². The number of hydrogen-bond donors (Lipinski definition) is 0. The van der Waals surface area contributed by atoms with E-state index in [4.69, 9.17) is 14.2 Å². The molecule has 0 spiro atoms. The van der Waals surface area contributed by atoms with Crippen molar-refractivity contribution in [3.8, 4) is 11.5 Å². The first-order valence-corrected chi connectivity index (χ1v) is 9.41. The Balaban J connectivity index is 1.83. The lowest BCUT2D eigenvalue weighted by atomic mass is 10.1. The average Bonchev–Trinajstić information content (AvgIpc) is 2.92. The number of amides is 2. The summed E-state index contributed by atoms with van der Waals surface area (Å²) in [5, 5.41) is 0. The fraction of sp³-hybridized carbons (Fsp3) is 0.364. The second-order valence-corrected chi connectivity index (χ2v) is 6.87. The molecule has 3 rings (SSSR count). The minimum atomic E-state index is -0.294. The predicted octanol–water partition coefficient (Wildman–Crippen LogP) is 2.20. The van der Waals surface area contributed by atoms with Gasteiger partial charge in [-0.15, -0.1) is 0 Å². The molecule has 154 valence electrons. The molecular formula is C22H26N2O5. The number of hydrogen-bond acceptors (Lipinski definition) is 5. The summed E-state index contributed by atoms with van der Waals surface area (Å²) >= 11 is 0. The second-order valence-electron chi connectivity index (χ2n) is 6.87. The molecule has 1 heterocycles. The molecule has 1 saturated heterocycles. The van der Waals surface area contributed by atoms with Crippen LogP contribution in [0, 0.1) is 0 Å². The molecule has 2 amide bonds. The van der Waals surface area contributed by atoms with Crippen LogP contribution in [0.5, 0.6) is 11.5 Å². The highest BCUT2D eigenvalue weighted by molar-refractivity contribution is 5.99. The van der Waals surface area contributed by atoms with Crippen molar-refractivity contribution in [2.75, 3.05) is 41.0 Å². The Kier molecular flexibility index (Phi) is 6.72. The van der Waals surface area contributed by atoms with Gasteiger partial charge in [-0.05, 0) is 23.8 Å². The maximum Gasteiger partial charge on any atom is 0.258 e. The third kappa shape index (κ3) is 4.86. The molecule has 0 radical (unpaired) electrons. The summed E-state index contributed by atoms with van der Waals surface area (Å²) in [6.45, 7) is 1.19. The van der Waals surface area contributed by atoms with Gasteiger partial charge in [0.2, 0.25) is 5.91 Å². The van der Waals surface area contributed by atoms with Gasteiger partial charge in [-0.25, -0.2) is 0 Å². The molecule has 1 aliphatic heterocycles. The maximum atomic E-state index is 13.2. The van der Waals surface area contributed by atoms with Gasteiger partial charge in [0, 0.05) is 26.7 Å². The Hall–Kier alpha value is -3.06. The van der Waals surface area contributed by atoms with Crippen molar-refractivity contribution in [1.29, 1.82) is 0 Å². The van der Waals surface area contributed by atoms with Crippen molar-refractivity contribution in [3.05, 3.63) is 59.7 Å². The lowest BCUT2D eigenvalue weighted by Crippen LogP contribution is -2.39. The molecule has 0 saturated carbocycles. The number of nitrogens with zero attached hydrogens (tertiary/aromatic N) is 2. The summed E-state index contributed by atoms with van der Waals surface area (Å²) in [7, 11) is 4.63. The zero-order valence-electron chi connectivity index (χ0n) is 17.0. The van der Waals surface area contributed by atoms with Gasteiger partial charge in [-0.1, -0.05) is 30.3 Å². The van der Waals surface area contributed by atoms with Crippen molar-refractivity contribution in [1.82, 2.24) is 9.80 Å². The van der Waals surface area contributed by atoms with Crippen molar-refractivity contribution < 1.29 is 23.8 Å². The minimum Gasteiger partial charge on any atom is -0.497 e. The van der Waals surface area contributed by atoms with Crippen LogP contribution >= 0.6 is 0 Å². The van der Waals surface area contributed by atoms with E-state index < -0.39 is 0 Å². The van der Waals surface area contributed by atoms with Crippen LogP contribution in [0.2, 0.25) is 0 Å². The predicted molar refractivity (Wildman–Crippen MR) is 108 cm³/mol. The van der Waals surface area contributed by atoms with Crippen molar-refractivity contribution in [2.24, 2.45) is 0 Å². The lowest BCUT2D eigenvalue weighted by Gasteiger charge is -2.23. The largest absolute Gasteiger partial charge is 0.497 e. The van der Waals surface area contributed by atoms with E-state index in [-0.39, 0.29) is 24.5 Å². The van der Waals surface area contributed by atoms with Crippen molar-refractivity contribution in [3.63, 3.8) is 0 Å². The van der Waals surface area contributed by atoms with Crippen LogP contribution in [0.25, 0.3) is 0 Å². The normalized spacial score (nSPS) is 17.1. The Labute approximate surface area is 170 Å². The Bertz CT molecular complexity index is 856. The minimum absolute atomic E-state index is 0.0219. The molecule has 1 atom stereocenters. The number of methoxy groups -OCH3 is 3. The SMILES string of the molecule is COc1ccc(OC)c(C(=O)N2CC(=O)N(Cc3ccccc3)CC(OC)C2)c1. The number of benzene rings is 2. The van der Waals surface area contributed by atoms with E-state index in [0.29, 0.717) is 36.7 Å². The van der Waals surface area contributed by atoms with E-state index in [0.717, 1.165) is 5.56 Å². The van der Waals surface area contributed by atoms with E-state index >= 15 is 0 Å². The van der Waals surface area contributed by atoms with Gasteiger partial charge in [0.25, 0.3) is 5.91 Å². The topological polar surface area (TPSA) is 68.3 Å². The summed E-state index contributed by atoms with van der Waals surface area (Å²) < 4.78 is 16.1. The molecule has 7 nitrogen and oxygen atoms in total. The number of rotatable bonds is 6. The molecule has 2 aromatic carbocycles. The van der Waals surface area contributed by atoms with Crippen LogP contribution in [-0.2, 0) is 16.1 Å². The quantitative estimate of drug-likeness (QED) is 0.746. The summed E-state index contributed by atoms with van der Waals surface area (Å²) in [5.74, 6) is 0.563. The van der Waals surface area contributed by atoms with Crippen LogP contribution in [-0.4, -0.2) is 68.7 Å². The summed E-state index contributed by atoms with van der Waals surface area (Å²) in [5.41, 5.74) is 1.39. The Morgan fingerprint density at radius 3 is 2.45 bits per heavy atom. The molecule has 0 aliphatic carbocycles. The van der Waals surface area contributed by atoms with E-state index in [2.05, 4.69) is 0 Å². The van der Waals surface area contributed by atoms with Crippen LogP contribution in [0.3, 0.4) is 0 Å². The number of carbonyl (C=O) groups is 2. The van der Waals surface area contributed by atoms with E-state index in [1.54, 1.807) is 30.2 Å². The van der Waals surface area contributed by atoms with Gasteiger partial charge < -0.3 is 24.0 Å². The molecule has 0 aromatic heterocycles. The molecule has 0 bridgehead atoms. The first-order chi connectivity index (χ1) is 14.0. The molecule has 1 unspecified atom stereocenters. The van der Waals surface area contributed by atoms with Gasteiger partial charge >= 0.3 is 0 Å². The van der Waals surface area contributed by atoms with Crippen LogP contribution in [0.15, 0.2) is 48.5 Å². The van der Waals surface area contributed by atoms with Crippen molar-refractivity contribution in [2.45, 2.75) is 12.6 Å². The fourth-order valence-corrected chi connectivity index (χ4v) is 3.39. The van der Waals surface area contributed by atoms with E-state index in [9.17, 15) is 9.59 Å². The molecule has 2 aromatic rings. The lowest BCUT2D eigenvalue weighted by molar-refractivity contribution is -0.132. The van der Waals surface area contributed by atoms with E-state index in [1.807, 2.05) is 30.3 Å². The monoisotopic (exact) mass is 398 g/mol. The zero-order chi connectivity index (χ0) is 20.8. The summed E-state index contributed by atoms with van der Waals surface area (Å²) in [6, 6.07) is 14.8. The molecule has 0 N–H and O–H groups in total. The number of carbonyl (C=O) groups excluding carboxylic acids is 2. The molecular weight excluding hydrogens is 372 g/mol. The molecule has 7 heteroatoms. The van der Waals surface area contributed by atoms with Gasteiger partial charge in [0.15, 0.2) is 0 Å². The zero-order valence-corrected chi connectivity index (χ0v) is 17.0. The van der Waals surface area contributed by atoms with Gasteiger partial charge in [-0.2, -0.15) is 0 Å². The average molecular weight is 398 g/mol. The maximum absolute atomic E-state index is 13.2. The Morgan fingerprint density at radius 2 is 1.79 bits per heavy atom. The van der Waals surface area contributed by atoms with Gasteiger partial charge in [0.05, 0.1) is 25.9 Å². The van der Waals surface area contributed by atoms with Crippen LogP contribution in [0.1, 0.15) is 15.9 Å². The van der Waals surface area contributed by atoms with Crippen LogP contribution < -0.4 is 9.47 Å². The smallest absolute Gasteiger partial charge is 0.258 e. The third-order valence-electron chi connectivity index (χ3n) is 5.00. The number of ether oxygens (including phenoxy) is 3. The highest BCUT2D eigenvalue weighted by Crippen LogP contribution is 2.26. The standard InChI is InChI=1S/C22H26N2O5/c1-27-17-9-10-20(29-3)19(11-17)22(26)24-14-18(28-2)13-23(21(25)15-24)12-16-7-5-4-6-8-16/h4-11,18H,12-15H2,1-3H3. The highest BCUT2D eigenvalue weighted by atomic mass is 16.5. The van der Waals surface area contributed by atoms with Gasteiger partial charge in [-0.3, -0.25) is 9.59 Å². The molecule has 1 fully saturated rings. The second kappa shape index (κ2) is 9.43. The fourth-order valence-electron chi connectivity index (χ4n) is 3.39. The first kappa shape index (κ1) is 20.7. The first-order valence-electron chi connectivity index (χ1n) is 9.41. The summed E-state index contributed by atoms with van der Waals surface area (Å²) in [6.07, 6.45) is -0.286.